The number of amides is 1. The molecule has 0 saturated heterocycles. The monoisotopic (exact) mass is 388 g/mol. The molecule has 21 heavy (non-hydrogen) atoms. The van der Waals surface area contributed by atoms with Crippen molar-refractivity contribution < 1.29 is 4.79 Å². The molecule has 1 aliphatic rings. The van der Waals surface area contributed by atoms with Gasteiger partial charge in [-0.25, -0.2) is 0 Å². The molecule has 1 aromatic rings. The molecule has 0 aliphatic heterocycles. The van der Waals surface area contributed by atoms with Crippen LogP contribution in [-0.4, -0.2) is 16.9 Å². The molecule has 114 valence electrons. The lowest BCUT2D eigenvalue weighted by Crippen LogP contribution is -2.48. The van der Waals surface area contributed by atoms with Crippen molar-refractivity contribution in [2.24, 2.45) is 11.7 Å². The lowest BCUT2D eigenvalue weighted by molar-refractivity contribution is 0.0931. The van der Waals surface area contributed by atoms with Crippen LogP contribution in [0.5, 0.6) is 0 Å². The van der Waals surface area contributed by atoms with Crippen molar-refractivity contribution in [3.05, 3.63) is 33.3 Å². The predicted molar refractivity (Wildman–Crippen MR) is 93.8 cm³/mol. The quantitative estimate of drug-likeness (QED) is 0.763. The Kier molecular flexibility index (Phi) is 6.02. The van der Waals surface area contributed by atoms with Crippen LogP contribution < -0.4 is 11.1 Å². The van der Waals surface area contributed by atoms with Crippen molar-refractivity contribution in [2.75, 3.05) is 0 Å². The minimum Gasteiger partial charge on any atom is -0.392 e. The zero-order chi connectivity index (χ0) is 15.4. The second-order valence-corrected chi connectivity index (χ2v) is 7.14. The molecule has 1 atom stereocenters. The molecule has 1 amide bonds. The van der Waals surface area contributed by atoms with E-state index in [1.165, 1.54) is 19.3 Å². The fraction of sp³-hybridized carbons (Fsp3) is 0.467. The van der Waals surface area contributed by atoms with Gasteiger partial charge < -0.3 is 11.1 Å². The van der Waals surface area contributed by atoms with E-state index >= 15 is 0 Å². The molecule has 3 nitrogen and oxygen atoms in total. The highest BCUT2D eigenvalue weighted by atomic mass is 79.9. The number of rotatable bonds is 4. The summed E-state index contributed by atoms with van der Waals surface area (Å²) < 4.78 is 0.665. The number of hydrogen-bond acceptors (Lipinski definition) is 2. The van der Waals surface area contributed by atoms with Crippen LogP contribution in [0.2, 0.25) is 5.02 Å². The summed E-state index contributed by atoms with van der Waals surface area (Å²) in [5.74, 6) is 0.160. The summed E-state index contributed by atoms with van der Waals surface area (Å²) in [6, 6.07) is 4.85. The van der Waals surface area contributed by atoms with Gasteiger partial charge in [-0.15, -0.1) is 0 Å². The van der Waals surface area contributed by atoms with Crippen LogP contribution in [0, 0.1) is 5.92 Å². The summed E-state index contributed by atoms with van der Waals surface area (Å²) in [6.45, 7) is 0. The van der Waals surface area contributed by atoms with Gasteiger partial charge in [0.1, 0.15) is 0 Å². The third kappa shape index (κ3) is 4.41. The molecule has 1 aromatic carbocycles. The Morgan fingerprint density at radius 3 is 2.62 bits per heavy atom. The third-order valence-corrected chi connectivity index (χ3v) is 5.04. The van der Waals surface area contributed by atoms with Gasteiger partial charge >= 0.3 is 0 Å². The Hall–Kier alpha value is -0.650. The van der Waals surface area contributed by atoms with Gasteiger partial charge in [-0.05, 0) is 52.9 Å². The van der Waals surface area contributed by atoms with Gasteiger partial charge in [0.2, 0.25) is 0 Å². The van der Waals surface area contributed by atoms with E-state index in [0.29, 0.717) is 26.0 Å². The molecule has 0 spiro atoms. The SMILES string of the molecule is NC(=S)C(NC(=O)c1ccc(Cl)cc1Br)C1CCCCC1. The maximum atomic E-state index is 12.4. The number of nitrogens with one attached hydrogen (secondary N) is 1. The van der Waals surface area contributed by atoms with E-state index in [9.17, 15) is 4.79 Å². The number of nitrogens with two attached hydrogens (primary N) is 1. The first-order chi connectivity index (χ1) is 9.99. The maximum Gasteiger partial charge on any atom is 0.252 e. The fourth-order valence-corrected chi connectivity index (χ4v) is 3.90. The van der Waals surface area contributed by atoms with Crippen LogP contribution in [0.25, 0.3) is 0 Å². The average molecular weight is 390 g/mol. The highest BCUT2D eigenvalue weighted by Gasteiger charge is 2.27. The van der Waals surface area contributed by atoms with Gasteiger partial charge in [0.15, 0.2) is 0 Å². The van der Waals surface area contributed by atoms with Crippen molar-refractivity contribution in [2.45, 2.75) is 38.1 Å². The average Bonchev–Trinajstić information content (AvgIpc) is 2.45. The highest BCUT2D eigenvalue weighted by Crippen LogP contribution is 2.27. The largest absolute Gasteiger partial charge is 0.392 e. The summed E-state index contributed by atoms with van der Waals surface area (Å²) in [5, 5.41) is 3.56. The summed E-state index contributed by atoms with van der Waals surface area (Å²) in [5.41, 5.74) is 6.38. The van der Waals surface area contributed by atoms with E-state index in [1.54, 1.807) is 18.2 Å². The minimum absolute atomic E-state index is 0.179. The van der Waals surface area contributed by atoms with Crippen LogP contribution in [-0.2, 0) is 0 Å². The molecule has 3 N–H and O–H groups in total. The molecular weight excluding hydrogens is 372 g/mol. The van der Waals surface area contributed by atoms with Gasteiger partial charge in [-0.1, -0.05) is 43.1 Å². The van der Waals surface area contributed by atoms with Gasteiger partial charge in [-0.3, -0.25) is 4.79 Å². The van der Waals surface area contributed by atoms with E-state index in [-0.39, 0.29) is 11.9 Å². The molecule has 1 fully saturated rings. The number of hydrogen-bond donors (Lipinski definition) is 2. The van der Waals surface area contributed by atoms with Crippen LogP contribution in [0.4, 0.5) is 0 Å². The maximum absolute atomic E-state index is 12.4. The molecule has 0 aromatic heterocycles. The molecule has 0 radical (unpaired) electrons. The number of thiocarbonyl (C=S) groups is 1. The molecule has 2 rings (SSSR count). The van der Waals surface area contributed by atoms with Gasteiger partial charge in [0.25, 0.3) is 5.91 Å². The fourth-order valence-electron chi connectivity index (χ4n) is 2.78. The first-order valence-electron chi connectivity index (χ1n) is 7.04. The second kappa shape index (κ2) is 7.56. The smallest absolute Gasteiger partial charge is 0.252 e. The van der Waals surface area contributed by atoms with Crippen LogP contribution in [0.15, 0.2) is 22.7 Å². The van der Waals surface area contributed by atoms with Gasteiger partial charge in [0, 0.05) is 9.50 Å². The van der Waals surface area contributed by atoms with Crippen LogP contribution in [0.3, 0.4) is 0 Å². The Labute approximate surface area is 143 Å². The van der Waals surface area contributed by atoms with Crippen molar-refractivity contribution in [3.8, 4) is 0 Å². The number of halogens is 2. The van der Waals surface area contributed by atoms with Crippen molar-refractivity contribution in [3.63, 3.8) is 0 Å². The number of carbonyl (C=O) groups is 1. The zero-order valence-corrected chi connectivity index (χ0v) is 14.7. The Morgan fingerprint density at radius 2 is 2.05 bits per heavy atom. The molecule has 1 aliphatic carbocycles. The van der Waals surface area contributed by atoms with E-state index in [1.807, 2.05) is 0 Å². The standard InChI is InChI=1S/C15H18BrClN2OS/c16-12-8-10(17)6-7-11(12)15(20)19-13(14(18)21)9-4-2-1-3-5-9/h6-9,13H,1-5H2,(H2,18,21)(H,19,20). The van der Waals surface area contributed by atoms with Crippen LogP contribution >= 0.6 is 39.7 Å². The normalized spacial score (nSPS) is 17.2. The summed E-state index contributed by atoms with van der Waals surface area (Å²) in [7, 11) is 0. The molecule has 1 unspecified atom stereocenters. The van der Waals surface area contributed by atoms with Crippen molar-refractivity contribution in [1.29, 1.82) is 0 Å². The zero-order valence-electron chi connectivity index (χ0n) is 11.6. The van der Waals surface area contributed by atoms with Crippen LogP contribution in [0.1, 0.15) is 42.5 Å². The lowest BCUT2D eigenvalue weighted by atomic mass is 9.83. The molecular formula is C15H18BrClN2OS. The second-order valence-electron chi connectivity index (χ2n) is 5.38. The third-order valence-electron chi connectivity index (χ3n) is 3.89. The first kappa shape index (κ1) is 16.7. The molecule has 0 heterocycles. The topological polar surface area (TPSA) is 55.1 Å². The van der Waals surface area contributed by atoms with Gasteiger partial charge in [-0.2, -0.15) is 0 Å². The number of benzene rings is 1. The Bertz CT molecular complexity index is 546. The molecule has 1 saturated carbocycles. The van der Waals surface area contributed by atoms with Gasteiger partial charge in [0.05, 0.1) is 16.6 Å². The Balaban J connectivity index is 2.12. The van der Waals surface area contributed by atoms with E-state index in [2.05, 4.69) is 21.2 Å². The van der Waals surface area contributed by atoms with E-state index < -0.39 is 0 Å². The molecule has 6 heteroatoms. The minimum atomic E-state index is -0.240. The van der Waals surface area contributed by atoms with E-state index in [4.69, 9.17) is 29.6 Å². The first-order valence-corrected chi connectivity index (χ1v) is 8.62. The van der Waals surface area contributed by atoms with Crippen molar-refractivity contribution >= 4 is 50.6 Å². The highest BCUT2D eigenvalue weighted by molar-refractivity contribution is 9.10. The van der Waals surface area contributed by atoms with E-state index in [0.717, 1.165) is 12.8 Å². The lowest BCUT2D eigenvalue weighted by Gasteiger charge is -2.30. The summed E-state index contributed by atoms with van der Waals surface area (Å²) >= 11 is 14.4. The van der Waals surface area contributed by atoms with Crippen molar-refractivity contribution in [1.82, 2.24) is 5.32 Å². The Morgan fingerprint density at radius 1 is 1.38 bits per heavy atom. The predicted octanol–water partition coefficient (Wildman–Crippen LogP) is 4.07. The summed E-state index contributed by atoms with van der Waals surface area (Å²) in [6.07, 6.45) is 5.71. The summed E-state index contributed by atoms with van der Waals surface area (Å²) in [4.78, 5) is 12.8. The number of carbonyl (C=O) groups excluding carboxylic acids is 1. The molecule has 0 bridgehead atoms.